The van der Waals surface area contributed by atoms with Crippen LogP contribution in [0.15, 0.2) is 71.1 Å². The number of benzene rings is 3. The van der Waals surface area contributed by atoms with Crippen LogP contribution < -0.4 is 5.32 Å². The maximum atomic E-state index is 13.4. The van der Waals surface area contributed by atoms with Crippen molar-refractivity contribution in [3.8, 4) is 11.5 Å². The van der Waals surface area contributed by atoms with Crippen molar-refractivity contribution in [1.82, 2.24) is 4.98 Å². The first-order chi connectivity index (χ1) is 14.1. The molecular weight excluding hydrogens is 411 g/mol. The maximum absolute atomic E-state index is 13.4. The van der Waals surface area contributed by atoms with Gasteiger partial charge in [0, 0.05) is 21.3 Å². The molecule has 29 heavy (non-hydrogen) atoms. The van der Waals surface area contributed by atoms with Gasteiger partial charge in [-0.3, -0.25) is 4.79 Å². The minimum absolute atomic E-state index is 0.325. The van der Waals surface area contributed by atoms with Gasteiger partial charge >= 0.3 is 0 Å². The van der Waals surface area contributed by atoms with Crippen LogP contribution in [0.2, 0.25) is 5.02 Å². The number of para-hydroxylation sites is 2. The second-order valence-electron chi connectivity index (χ2n) is 6.40. The molecule has 4 nitrogen and oxygen atoms in total. The van der Waals surface area contributed by atoms with E-state index in [1.165, 1.54) is 12.1 Å². The van der Waals surface area contributed by atoms with E-state index in [9.17, 15) is 9.18 Å². The molecule has 2 aromatic heterocycles. The highest BCUT2D eigenvalue weighted by atomic mass is 35.5. The molecule has 0 unspecified atom stereocenters. The van der Waals surface area contributed by atoms with Gasteiger partial charge in [-0.25, -0.2) is 9.37 Å². The van der Waals surface area contributed by atoms with Gasteiger partial charge in [-0.05, 0) is 54.6 Å². The van der Waals surface area contributed by atoms with Crippen LogP contribution in [0.5, 0.6) is 0 Å². The van der Waals surface area contributed by atoms with Gasteiger partial charge in [-0.2, -0.15) is 0 Å². The number of halogens is 2. The summed E-state index contributed by atoms with van der Waals surface area (Å²) in [5, 5.41) is 3.81. The lowest BCUT2D eigenvalue weighted by Crippen LogP contribution is -2.10. The molecule has 5 rings (SSSR count). The van der Waals surface area contributed by atoms with Gasteiger partial charge in [0.1, 0.15) is 16.2 Å². The minimum atomic E-state index is -0.364. The molecule has 0 atom stereocenters. The first-order valence-electron chi connectivity index (χ1n) is 8.73. The Labute approximate surface area is 173 Å². The smallest absolute Gasteiger partial charge is 0.267 e. The van der Waals surface area contributed by atoms with E-state index in [0.29, 0.717) is 31.6 Å². The highest BCUT2D eigenvalue weighted by Crippen LogP contribution is 2.36. The first-order valence-corrected chi connectivity index (χ1v) is 9.93. The van der Waals surface area contributed by atoms with Crippen molar-refractivity contribution in [3.05, 3.63) is 82.4 Å². The fourth-order valence-corrected chi connectivity index (χ4v) is 4.50. The number of rotatable bonds is 3. The Morgan fingerprint density at radius 2 is 1.86 bits per heavy atom. The van der Waals surface area contributed by atoms with Crippen LogP contribution in [-0.2, 0) is 0 Å². The average molecular weight is 423 g/mol. The third-order valence-corrected chi connectivity index (χ3v) is 6.14. The Bertz CT molecular complexity index is 1340. The van der Waals surface area contributed by atoms with E-state index < -0.39 is 0 Å². The van der Waals surface area contributed by atoms with Crippen LogP contribution in [-0.4, -0.2) is 10.9 Å². The second-order valence-corrected chi connectivity index (χ2v) is 7.83. The van der Waals surface area contributed by atoms with Gasteiger partial charge < -0.3 is 9.73 Å². The second kappa shape index (κ2) is 6.99. The molecule has 0 radical (unpaired) electrons. The molecular formula is C22H12ClFN2O2S. The quantitative estimate of drug-likeness (QED) is 0.349. The zero-order valence-corrected chi connectivity index (χ0v) is 16.4. The number of carbonyl (C=O) groups excluding carboxylic acids is 1. The number of oxazole rings is 1. The molecule has 0 spiro atoms. The van der Waals surface area contributed by atoms with Crippen LogP contribution in [0.3, 0.4) is 0 Å². The lowest BCUT2D eigenvalue weighted by Gasteiger charge is -2.04. The van der Waals surface area contributed by atoms with E-state index in [1.807, 2.05) is 36.4 Å². The highest BCUT2D eigenvalue weighted by Gasteiger charge is 2.18. The van der Waals surface area contributed by atoms with Crippen molar-refractivity contribution < 1.29 is 13.6 Å². The normalized spacial score (nSPS) is 11.2. The number of thiophene rings is 1. The number of fused-ring (bicyclic) bond motifs is 2. The van der Waals surface area contributed by atoms with Crippen LogP contribution >= 0.6 is 22.9 Å². The molecule has 2 heterocycles. The Kier molecular flexibility index (Phi) is 4.30. The summed E-state index contributed by atoms with van der Waals surface area (Å²) < 4.78 is 19.8. The highest BCUT2D eigenvalue weighted by molar-refractivity contribution is 7.21. The molecule has 0 aliphatic rings. The summed E-state index contributed by atoms with van der Waals surface area (Å²) in [4.78, 5) is 17.5. The zero-order chi connectivity index (χ0) is 20.0. The summed E-state index contributed by atoms with van der Waals surface area (Å²) in [6.45, 7) is 0. The number of nitrogens with one attached hydrogen (secondary N) is 1. The molecule has 7 heteroatoms. The molecule has 5 aromatic rings. The van der Waals surface area contributed by atoms with Gasteiger partial charge in [0.25, 0.3) is 5.91 Å². The fourth-order valence-electron chi connectivity index (χ4n) is 3.06. The van der Waals surface area contributed by atoms with Crippen LogP contribution in [0, 0.1) is 5.82 Å². The number of hydrogen-bond donors (Lipinski definition) is 1. The zero-order valence-electron chi connectivity index (χ0n) is 14.8. The number of anilines is 1. The van der Waals surface area contributed by atoms with Gasteiger partial charge in [0.15, 0.2) is 5.58 Å². The Hall–Kier alpha value is -3.22. The molecule has 0 saturated heterocycles. The van der Waals surface area contributed by atoms with Crippen LogP contribution in [0.1, 0.15) is 9.67 Å². The number of carbonyl (C=O) groups is 1. The fraction of sp³-hybridized carbons (Fsp3) is 0. The SMILES string of the molecule is O=C(Nc1ccc(-c2nc3ccccc3o2)cc1)c1sc2cc(F)ccc2c1Cl. The summed E-state index contributed by atoms with van der Waals surface area (Å²) >= 11 is 7.48. The number of nitrogens with zero attached hydrogens (tertiary/aromatic N) is 1. The van der Waals surface area contributed by atoms with Crippen molar-refractivity contribution in [2.45, 2.75) is 0 Å². The molecule has 0 aliphatic heterocycles. The predicted molar refractivity (Wildman–Crippen MR) is 114 cm³/mol. The van der Waals surface area contributed by atoms with E-state index in [1.54, 1.807) is 18.2 Å². The van der Waals surface area contributed by atoms with E-state index in [-0.39, 0.29) is 11.7 Å². The van der Waals surface area contributed by atoms with E-state index in [2.05, 4.69) is 10.3 Å². The molecule has 0 saturated carbocycles. The van der Waals surface area contributed by atoms with Crippen molar-refractivity contribution in [2.24, 2.45) is 0 Å². The van der Waals surface area contributed by atoms with E-state index in [4.69, 9.17) is 16.0 Å². The summed E-state index contributed by atoms with van der Waals surface area (Å²) in [5.74, 6) is -0.193. The van der Waals surface area contributed by atoms with Crippen molar-refractivity contribution in [2.75, 3.05) is 5.32 Å². The van der Waals surface area contributed by atoms with Gasteiger partial charge in [0.2, 0.25) is 5.89 Å². The number of amides is 1. The monoisotopic (exact) mass is 422 g/mol. The molecule has 142 valence electrons. The molecule has 1 amide bonds. The molecule has 3 aromatic carbocycles. The van der Waals surface area contributed by atoms with Gasteiger partial charge in [-0.15, -0.1) is 11.3 Å². The van der Waals surface area contributed by atoms with Crippen LogP contribution in [0.4, 0.5) is 10.1 Å². The van der Waals surface area contributed by atoms with Gasteiger partial charge in [0.05, 0.1) is 5.02 Å². The first kappa shape index (κ1) is 17.8. The standard InChI is InChI=1S/C22H12ClFN2O2S/c23-19-15-10-7-13(24)11-18(15)29-20(19)21(27)25-14-8-5-12(6-9-14)22-26-16-3-1-2-4-17(16)28-22/h1-11H,(H,25,27). The summed E-state index contributed by atoms with van der Waals surface area (Å²) in [7, 11) is 0. The van der Waals surface area contributed by atoms with Crippen molar-refractivity contribution >= 4 is 55.7 Å². The van der Waals surface area contributed by atoms with E-state index in [0.717, 1.165) is 28.0 Å². The number of aromatic nitrogens is 1. The minimum Gasteiger partial charge on any atom is -0.436 e. The Morgan fingerprint density at radius 1 is 1.07 bits per heavy atom. The summed E-state index contributed by atoms with van der Waals surface area (Å²) in [6, 6.07) is 19.0. The molecule has 0 fully saturated rings. The van der Waals surface area contributed by atoms with Crippen molar-refractivity contribution in [1.29, 1.82) is 0 Å². The molecule has 1 N–H and O–H groups in total. The third-order valence-electron chi connectivity index (χ3n) is 4.48. The number of hydrogen-bond acceptors (Lipinski definition) is 4. The van der Waals surface area contributed by atoms with Gasteiger partial charge in [-0.1, -0.05) is 23.7 Å². The lowest BCUT2D eigenvalue weighted by atomic mass is 10.2. The predicted octanol–water partition coefficient (Wildman–Crippen LogP) is 6.75. The van der Waals surface area contributed by atoms with Crippen molar-refractivity contribution in [3.63, 3.8) is 0 Å². The Morgan fingerprint density at radius 3 is 2.66 bits per heavy atom. The lowest BCUT2D eigenvalue weighted by molar-refractivity contribution is 0.103. The Balaban J connectivity index is 1.39. The topological polar surface area (TPSA) is 55.1 Å². The van der Waals surface area contributed by atoms with Crippen LogP contribution in [0.25, 0.3) is 32.6 Å². The maximum Gasteiger partial charge on any atom is 0.267 e. The summed E-state index contributed by atoms with van der Waals surface area (Å²) in [5.41, 5.74) is 2.91. The van der Waals surface area contributed by atoms with E-state index >= 15 is 0 Å². The average Bonchev–Trinajstić information content (AvgIpc) is 3.29. The largest absolute Gasteiger partial charge is 0.436 e. The third kappa shape index (κ3) is 3.26. The molecule has 0 bridgehead atoms. The summed E-state index contributed by atoms with van der Waals surface area (Å²) in [6.07, 6.45) is 0. The molecule has 0 aliphatic carbocycles.